The first-order valence-electron chi connectivity index (χ1n) is 14.7. The fourth-order valence-electron chi connectivity index (χ4n) is 6.16. The fraction of sp³-hybridized carbons (Fsp3) is 0.0769. The summed E-state index contributed by atoms with van der Waals surface area (Å²) in [4.78, 5) is 2.20. The molecule has 7 aromatic carbocycles. The van der Waals surface area contributed by atoms with Crippen molar-refractivity contribution in [3.8, 4) is 17.2 Å². The minimum Gasteiger partial charge on any atom is -0.495 e. The molecule has 45 heavy (non-hydrogen) atoms. The highest BCUT2D eigenvalue weighted by Gasteiger charge is 2.25. The van der Waals surface area contributed by atoms with E-state index in [2.05, 4.69) is 70.9 Å². The number of rotatable bonds is 8. The second-order valence-corrected chi connectivity index (χ2v) is 10.8. The minimum absolute atomic E-state index is 0.595. The molecule has 0 saturated carbocycles. The zero-order chi connectivity index (χ0) is 30.9. The van der Waals surface area contributed by atoms with Crippen molar-refractivity contribution in [2.75, 3.05) is 37.3 Å². The standard InChI is InChI=1S/C39H33N3O3/c1-43-34-19-16-25-10-4-7-13-31(25)37(34)41-29-22-28(40)23-30(24-29)42(38-32-14-8-5-11-26(32)17-20-35(38)44-2)39-33-15-9-6-12-27(33)18-21-36(39)45-3/h4-24,41H,40H2,1-3H3. The average Bonchev–Trinajstić information content (AvgIpc) is 3.08. The van der Waals surface area contributed by atoms with Crippen LogP contribution in [0.15, 0.2) is 127 Å². The zero-order valence-corrected chi connectivity index (χ0v) is 25.4. The molecule has 0 bridgehead atoms. The van der Waals surface area contributed by atoms with Crippen LogP contribution in [-0.2, 0) is 0 Å². The molecule has 7 aromatic rings. The Labute approximate surface area is 262 Å². The maximum atomic E-state index is 6.70. The predicted molar refractivity (Wildman–Crippen MR) is 187 cm³/mol. The van der Waals surface area contributed by atoms with E-state index in [0.29, 0.717) is 5.69 Å². The lowest BCUT2D eigenvalue weighted by Crippen LogP contribution is -2.14. The van der Waals surface area contributed by atoms with E-state index < -0.39 is 0 Å². The molecule has 0 heterocycles. The van der Waals surface area contributed by atoms with Crippen LogP contribution in [0, 0.1) is 0 Å². The van der Waals surface area contributed by atoms with Crippen molar-refractivity contribution in [1.29, 1.82) is 0 Å². The molecule has 0 aliphatic rings. The molecule has 0 spiro atoms. The van der Waals surface area contributed by atoms with E-state index in [4.69, 9.17) is 19.9 Å². The van der Waals surface area contributed by atoms with E-state index >= 15 is 0 Å². The highest BCUT2D eigenvalue weighted by molar-refractivity contribution is 6.09. The number of nitrogens with zero attached hydrogens (tertiary/aromatic N) is 1. The molecule has 0 fully saturated rings. The summed E-state index contributed by atoms with van der Waals surface area (Å²) in [6.07, 6.45) is 0. The quantitative estimate of drug-likeness (QED) is 0.171. The normalized spacial score (nSPS) is 11.1. The Hall–Kier alpha value is -5.88. The van der Waals surface area contributed by atoms with E-state index in [1.807, 2.05) is 66.7 Å². The van der Waals surface area contributed by atoms with Crippen molar-refractivity contribution >= 4 is 66.4 Å². The van der Waals surface area contributed by atoms with Gasteiger partial charge in [-0.1, -0.05) is 91.0 Å². The summed E-state index contributed by atoms with van der Waals surface area (Å²) in [5.41, 5.74) is 11.6. The van der Waals surface area contributed by atoms with E-state index in [1.165, 1.54) is 0 Å². The van der Waals surface area contributed by atoms with Crippen LogP contribution in [0.1, 0.15) is 0 Å². The van der Waals surface area contributed by atoms with Gasteiger partial charge in [0.25, 0.3) is 0 Å². The summed E-state index contributed by atoms with van der Waals surface area (Å²) >= 11 is 0. The van der Waals surface area contributed by atoms with E-state index in [-0.39, 0.29) is 0 Å². The number of nitrogen functional groups attached to an aromatic ring is 1. The molecule has 7 rings (SSSR count). The van der Waals surface area contributed by atoms with Crippen LogP contribution in [0.2, 0.25) is 0 Å². The Balaban J connectivity index is 1.52. The van der Waals surface area contributed by atoms with Gasteiger partial charge in [-0.3, -0.25) is 0 Å². The van der Waals surface area contributed by atoms with Crippen LogP contribution in [0.4, 0.5) is 34.1 Å². The van der Waals surface area contributed by atoms with Crippen LogP contribution >= 0.6 is 0 Å². The molecule has 0 aliphatic carbocycles. The van der Waals surface area contributed by atoms with Gasteiger partial charge in [0.15, 0.2) is 0 Å². The lowest BCUT2D eigenvalue weighted by molar-refractivity contribution is 0.413. The van der Waals surface area contributed by atoms with Gasteiger partial charge in [-0.25, -0.2) is 0 Å². The average molecular weight is 592 g/mol. The molecule has 6 nitrogen and oxygen atoms in total. The van der Waals surface area contributed by atoms with Crippen molar-refractivity contribution in [2.45, 2.75) is 0 Å². The molecule has 0 aromatic heterocycles. The lowest BCUT2D eigenvalue weighted by Gasteiger charge is -2.31. The van der Waals surface area contributed by atoms with Gasteiger partial charge in [-0.05, 0) is 52.6 Å². The summed E-state index contributed by atoms with van der Waals surface area (Å²) in [7, 11) is 5.08. The summed E-state index contributed by atoms with van der Waals surface area (Å²) in [6.45, 7) is 0. The Morgan fingerprint density at radius 1 is 0.511 bits per heavy atom. The summed E-state index contributed by atoms with van der Waals surface area (Å²) < 4.78 is 17.9. The molecular weight excluding hydrogens is 558 g/mol. The van der Waals surface area contributed by atoms with Gasteiger partial charge < -0.3 is 30.2 Å². The number of hydrogen-bond acceptors (Lipinski definition) is 6. The fourth-order valence-corrected chi connectivity index (χ4v) is 6.16. The number of methoxy groups -OCH3 is 3. The van der Waals surface area contributed by atoms with Crippen LogP contribution < -0.4 is 30.2 Å². The third-order valence-electron chi connectivity index (χ3n) is 8.19. The second kappa shape index (κ2) is 11.7. The van der Waals surface area contributed by atoms with Crippen molar-refractivity contribution in [3.63, 3.8) is 0 Å². The smallest absolute Gasteiger partial charge is 0.143 e. The van der Waals surface area contributed by atoms with Gasteiger partial charge in [0.1, 0.15) is 17.2 Å². The van der Waals surface area contributed by atoms with Crippen LogP contribution in [-0.4, -0.2) is 21.3 Å². The van der Waals surface area contributed by atoms with Crippen LogP contribution in [0.5, 0.6) is 17.2 Å². The summed E-state index contributed by atoms with van der Waals surface area (Å²) in [5, 5.41) is 10.0. The molecule has 0 unspecified atom stereocenters. The van der Waals surface area contributed by atoms with Crippen LogP contribution in [0.25, 0.3) is 32.3 Å². The molecule has 6 heteroatoms. The van der Waals surface area contributed by atoms with E-state index in [9.17, 15) is 0 Å². The first kappa shape index (κ1) is 27.9. The van der Waals surface area contributed by atoms with Crippen molar-refractivity contribution in [3.05, 3.63) is 127 Å². The maximum Gasteiger partial charge on any atom is 0.143 e. The molecule has 3 N–H and O–H groups in total. The number of nitrogens with one attached hydrogen (secondary N) is 1. The molecule has 0 atom stereocenters. The molecule has 0 radical (unpaired) electrons. The monoisotopic (exact) mass is 591 g/mol. The van der Waals surface area contributed by atoms with Gasteiger partial charge in [0, 0.05) is 27.5 Å². The minimum atomic E-state index is 0.595. The van der Waals surface area contributed by atoms with E-state index in [0.717, 1.165) is 78.0 Å². The molecular formula is C39H33N3O3. The number of anilines is 6. The van der Waals surface area contributed by atoms with Crippen molar-refractivity contribution in [1.82, 2.24) is 0 Å². The highest BCUT2D eigenvalue weighted by atomic mass is 16.5. The highest BCUT2D eigenvalue weighted by Crippen LogP contribution is 2.51. The van der Waals surface area contributed by atoms with Crippen LogP contribution in [0.3, 0.4) is 0 Å². The van der Waals surface area contributed by atoms with Gasteiger partial charge >= 0.3 is 0 Å². The van der Waals surface area contributed by atoms with Gasteiger partial charge in [-0.2, -0.15) is 0 Å². The first-order chi connectivity index (χ1) is 22.1. The number of fused-ring (bicyclic) bond motifs is 3. The van der Waals surface area contributed by atoms with Crippen molar-refractivity contribution in [2.24, 2.45) is 0 Å². The van der Waals surface area contributed by atoms with Gasteiger partial charge in [0.2, 0.25) is 0 Å². The summed E-state index contributed by atoms with van der Waals surface area (Å²) in [5.74, 6) is 2.17. The third kappa shape index (κ3) is 4.96. The SMILES string of the molecule is COc1ccc2ccccc2c1Nc1cc(N)cc(N(c2c(OC)ccc3ccccc23)c2c(OC)ccc3ccccc23)c1. The number of ether oxygens (including phenoxy) is 3. The number of hydrogen-bond donors (Lipinski definition) is 2. The topological polar surface area (TPSA) is 69.0 Å². The predicted octanol–water partition coefficient (Wildman–Crippen LogP) is 9.97. The van der Waals surface area contributed by atoms with Gasteiger partial charge in [-0.15, -0.1) is 0 Å². The molecule has 0 aliphatic heterocycles. The number of nitrogens with two attached hydrogens (primary N) is 1. The Morgan fingerprint density at radius 2 is 0.978 bits per heavy atom. The maximum absolute atomic E-state index is 6.70. The molecule has 222 valence electrons. The van der Waals surface area contributed by atoms with Crippen molar-refractivity contribution < 1.29 is 14.2 Å². The van der Waals surface area contributed by atoms with Gasteiger partial charge in [0.05, 0.1) is 44.1 Å². The Morgan fingerprint density at radius 3 is 1.51 bits per heavy atom. The largest absolute Gasteiger partial charge is 0.495 e. The third-order valence-corrected chi connectivity index (χ3v) is 8.19. The number of benzene rings is 7. The second-order valence-electron chi connectivity index (χ2n) is 10.8. The zero-order valence-electron chi connectivity index (χ0n) is 25.4. The molecule has 0 saturated heterocycles. The molecule has 0 amide bonds. The summed E-state index contributed by atoms with van der Waals surface area (Å²) in [6, 6.07) is 43.1. The van der Waals surface area contributed by atoms with E-state index in [1.54, 1.807) is 21.3 Å². The first-order valence-corrected chi connectivity index (χ1v) is 14.7. The lowest BCUT2D eigenvalue weighted by atomic mass is 10.0. The Kier molecular flexibility index (Phi) is 7.23. The Bertz CT molecular complexity index is 2110.